The van der Waals surface area contributed by atoms with Crippen LogP contribution in [0.25, 0.3) is 0 Å². The van der Waals surface area contributed by atoms with Crippen molar-refractivity contribution in [2.75, 3.05) is 24.6 Å². The van der Waals surface area contributed by atoms with E-state index in [1.807, 2.05) is 12.3 Å². The molecular weight excluding hydrogens is 226 g/mol. The predicted octanol–water partition coefficient (Wildman–Crippen LogP) is 1.81. The minimum atomic E-state index is 0.634. The molecule has 2 aliphatic heterocycles. The molecule has 4 heteroatoms. The highest BCUT2D eigenvalue weighted by molar-refractivity contribution is 5.45. The summed E-state index contributed by atoms with van der Waals surface area (Å²) in [5, 5.41) is 3.51. The zero-order chi connectivity index (χ0) is 12.4. The van der Waals surface area contributed by atoms with Gasteiger partial charge in [0.05, 0.1) is 12.8 Å². The molecule has 2 fully saturated rings. The summed E-state index contributed by atoms with van der Waals surface area (Å²) in [6.45, 7) is 5.14. The van der Waals surface area contributed by atoms with Gasteiger partial charge in [0.2, 0.25) is 0 Å². The molecule has 3 heterocycles. The van der Waals surface area contributed by atoms with E-state index in [2.05, 4.69) is 28.2 Å². The molecular formula is C14H21N3O. The van der Waals surface area contributed by atoms with Crippen molar-refractivity contribution in [3.8, 4) is 5.75 Å². The average Bonchev–Trinajstić information content (AvgIpc) is 3.02. The second kappa shape index (κ2) is 5.14. The van der Waals surface area contributed by atoms with Crippen molar-refractivity contribution in [2.45, 2.75) is 38.3 Å². The molecule has 1 N–H and O–H groups in total. The molecule has 18 heavy (non-hydrogen) atoms. The summed E-state index contributed by atoms with van der Waals surface area (Å²) in [7, 11) is 0. The monoisotopic (exact) mass is 247 g/mol. The minimum absolute atomic E-state index is 0.634. The molecule has 2 saturated heterocycles. The maximum atomic E-state index is 5.63. The van der Waals surface area contributed by atoms with E-state index >= 15 is 0 Å². The number of aromatic nitrogens is 1. The van der Waals surface area contributed by atoms with Gasteiger partial charge in [0.1, 0.15) is 11.6 Å². The summed E-state index contributed by atoms with van der Waals surface area (Å²) < 4.78 is 5.63. The fourth-order valence-electron chi connectivity index (χ4n) is 2.80. The summed E-state index contributed by atoms with van der Waals surface area (Å²) in [4.78, 5) is 6.95. The van der Waals surface area contributed by atoms with Crippen molar-refractivity contribution in [3.63, 3.8) is 0 Å². The SMILES string of the molecule is CCCCOc1ccc(N2C[C@@H]3C[C@H]2CN3)nc1. The molecule has 0 amide bonds. The molecule has 1 aromatic rings. The van der Waals surface area contributed by atoms with Gasteiger partial charge in [-0.25, -0.2) is 4.98 Å². The van der Waals surface area contributed by atoms with Gasteiger partial charge in [-0.1, -0.05) is 13.3 Å². The van der Waals surface area contributed by atoms with Gasteiger partial charge < -0.3 is 15.0 Å². The van der Waals surface area contributed by atoms with E-state index in [4.69, 9.17) is 4.74 Å². The number of piperazine rings is 1. The van der Waals surface area contributed by atoms with Crippen LogP contribution in [0.4, 0.5) is 5.82 Å². The zero-order valence-electron chi connectivity index (χ0n) is 10.9. The van der Waals surface area contributed by atoms with E-state index < -0.39 is 0 Å². The summed E-state index contributed by atoms with van der Waals surface area (Å²) in [5.74, 6) is 1.97. The third-order valence-corrected chi connectivity index (χ3v) is 3.84. The number of anilines is 1. The van der Waals surface area contributed by atoms with Crippen LogP contribution in [0.1, 0.15) is 26.2 Å². The van der Waals surface area contributed by atoms with Gasteiger partial charge in [-0.15, -0.1) is 0 Å². The summed E-state index contributed by atoms with van der Waals surface area (Å²) in [5.41, 5.74) is 0. The molecule has 1 aromatic heterocycles. The van der Waals surface area contributed by atoms with Gasteiger partial charge in [0.15, 0.2) is 0 Å². The van der Waals surface area contributed by atoms with Crippen molar-refractivity contribution >= 4 is 5.82 Å². The molecule has 4 nitrogen and oxygen atoms in total. The first-order valence-electron chi connectivity index (χ1n) is 6.95. The fraction of sp³-hybridized carbons (Fsp3) is 0.643. The zero-order valence-corrected chi connectivity index (χ0v) is 10.9. The predicted molar refractivity (Wildman–Crippen MR) is 72.2 cm³/mol. The Hall–Kier alpha value is -1.29. The first kappa shape index (κ1) is 11.8. The Balaban J connectivity index is 1.61. The molecule has 0 unspecified atom stereocenters. The third kappa shape index (κ3) is 2.29. The highest BCUT2D eigenvalue weighted by Crippen LogP contribution is 2.28. The Morgan fingerprint density at radius 2 is 2.44 bits per heavy atom. The number of rotatable bonds is 5. The van der Waals surface area contributed by atoms with Gasteiger partial charge in [-0.2, -0.15) is 0 Å². The number of nitrogens with one attached hydrogen (secondary N) is 1. The molecule has 98 valence electrons. The molecule has 0 spiro atoms. The lowest BCUT2D eigenvalue weighted by Gasteiger charge is -2.28. The first-order valence-corrected chi connectivity index (χ1v) is 6.95. The highest BCUT2D eigenvalue weighted by Gasteiger charge is 2.37. The Morgan fingerprint density at radius 1 is 1.50 bits per heavy atom. The molecule has 2 atom stereocenters. The lowest BCUT2D eigenvalue weighted by molar-refractivity contribution is 0.308. The van der Waals surface area contributed by atoms with Crippen molar-refractivity contribution in [1.29, 1.82) is 0 Å². The largest absolute Gasteiger partial charge is 0.492 e. The average molecular weight is 247 g/mol. The number of hydrogen-bond donors (Lipinski definition) is 1. The summed E-state index contributed by atoms with van der Waals surface area (Å²) in [6.07, 6.45) is 5.37. The number of fused-ring (bicyclic) bond motifs is 2. The first-order chi connectivity index (χ1) is 8.86. The summed E-state index contributed by atoms with van der Waals surface area (Å²) in [6, 6.07) is 5.42. The molecule has 0 radical (unpaired) electrons. The molecule has 2 aliphatic rings. The third-order valence-electron chi connectivity index (χ3n) is 3.84. The molecule has 0 aliphatic carbocycles. The van der Waals surface area contributed by atoms with Crippen LogP contribution in [0.2, 0.25) is 0 Å². The van der Waals surface area contributed by atoms with Gasteiger partial charge in [-0.3, -0.25) is 0 Å². The number of hydrogen-bond acceptors (Lipinski definition) is 4. The molecule has 2 bridgehead atoms. The van der Waals surface area contributed by atoms with Crippen LogP contribution in [0.15, 0.2) is 18.3 Å². The van der Waals surface area contributed by atoms with Crippen molar-refractivity contribution < 1.29 is 4.74 Å². The van der Waals surface area contributed by atoms with Gasteiger partial charge in [0.25, 0.3) is 0 Å². The van der Waals surface area contributed by atoms with Gasteiger partial charge in [0, 0.05) is 25.2 Å². The fourth-order valence-corrected chi connectivity index (χ4v) is 2.80. The highest BCUT2D eigenvalue weighted by atomic mass is 16.5. The standard InChI is InChI=1S/C14H21N3O/c1-2-3-6-18-13-4-5-14(16-9-13)17-10-11-7-12(17)8-15-11/h4-5,9,11-12,15H,2-3,6-8,10H2,1H3/t11-,12-/m0/s1. The van der Waals surface area contributed by atoms with Crippen LogP contribution in [-0.4, -0.2) is 36.8 Å². The number of unbranched alkanes of at least 4 members (excludes halogenated alkanes) is 1. The Kier molecular flexibility index (Phi) is 3.37. The summed E-state index contributed by atoms with van der Waals surface area (Å²) >= 11 is 0. The van der Waals surface area contributed by atoms with E-state index in [1.54, 1.807) is 0 Å². The van der Waals surface area contributed by atoms with E-state index in [9.17, 15) is 0 Å². The van der Waals surface area contributed by atoms with Crippen molar-refractivity contribution in [3.05, 3.63) is 18.3 Å². The van der Waals surface area contributed by atoms with E-state index in [0.29, 0.717) is 12.1 Å². The van der Waals surface area contributed by atoms with E-state index in [-0.39, 0.29) is 0 Å². The number of nitrogens with zero attached hydrogens (tertiary/aromatic N) is 2. The Bertz CT molecular complexity index is 393. The molecule has 0 aromatic carbocycles. The second-order valence-corrected chi connectivity index (χ2v) is 5.20. The van der Waals surface area contributed by atoms with Gasteiger partial charge in [-0.05, 0) is 25.0 Å². The van der Waals surface area contributed by atoms with E-state index in [1.165, 1.54) is 6.42 Å². The van der Waals surface area contributed by atoms with Crippen molar-refractivity contribution in [2.24, 2.45) is 0 Å². The lowest BCUT2D eigenvalue weighted by atomic mass is 10.2. The van der Waals surface area contributed by atoms with Crippen molar-refractivity contribution in [1.82, 2.24) is 10.3 Å². The Morgan fingerprint density at radius 3 is 3.06 bits per heavy atom. The lowest BCUT2D eigenvalue weighted by Crippen LogP contribution is -2.43. The Labute approximate surface area is 108 Å². The van der Waals surface area contributed by atoms with Gasteiger partial charge >= 0.3 is 0 Å². The smallest absolute Gasteiger partial charge is 0.137 e. The van der Waals surface area contributed by atoms with E-state index in [0.717, 1.165) is 44.1 Å². The number of ether oxygens (including phenoxy) is 1. The van der Waals surface area contributed by atoms with Crippen LogP contribution < -0.4 is 15.0 Å². The van der Waals surface area contributed by atoms with Crippen LogP contribution in [0.5, 0.6) is 5.75 Å². The minimum Gasteiger partial charge on any atom is -0.492 e. The normalized spacial score (nSPS) is 25.7. The van der Waals surface area contributed by atoms with Crippen LogP contribution in [0, 0.1) is 0 Å². The maximum absolute atomic E-state index is 5.63. The quantitative estimate of drug-likeness (QED) is 0.805. The van der Waals surface area contributed by atoms with Crippen LogP contribution in [0.3, 0.4) is 0 Å². The molecule has 3 rings (SSSR count). The number of pyridine rings is 1. The molecule has 0 saturated carbocycles. The topological polar surface area (TPSA) is 37.4 Å². The van der Waals surface area contributed by atoms with Crippen LogP contribution in [-0.2, 0) is 0 Å². The second-order valence-electron chi connectivity index (χ2n) is 5.20. The maximum Gasteiger partial charge on any atom is 0.137 e. The van der Waals surface area contributed by atoms with Crippen LogP contribution >= 0.6 is 0 Å².